The summed E-state index contributed by atoms with van der Waals surface area (Å²) in [6.45, 7) is 1.63. The van der Waals surface area contributed by atoms with Gasteiger partial charge in [-0.25, -0.2) is 0 Å². The van der Waals surface area contributed by atoms with Crippen LogP contribution >= 0.6 is 35.4 Å². The lowest BCUT2D eigenvalue weighted by molar-refractivity contribution is 0.412. The van der Waals surface area contributed by atoms with E-state index in [9.17, 15) is 0 Å². The van der Waals surface area contributed by atoms with Crippen molar-refractivity contribution in [1.82, 2.24) is 15.6 Å². The molecule has 2 rings (SSSR count). The maximum atomic E-state index is 6.02. The second-order valence-electron chi connectivity index (χ2n) is 5.26. The monoisotopic (exact) mass is 384 g/mol. The number of hydrogen-bond donors (Lipinski definition) is 2. The molecule has 0 aliphatic carbocycles. The van der Waals surface area contributed by atoms with Gasteiger partial charge in [-0.05, 0) is 56.6 Å². The molecule has 1 aromatic heterocycles. The Kier molecular flexibility index (Phi) is 7.05. The molecule has 5 nitrogen and oxygen atoms in total. The minimum absolute atomic E-state index is 0.462. The molecule has 0 atom stereocenters. The third-order valence-electron chi connectivity index (χ3n) is 3.03. The van der Waals surface area contributed by atoms with Crippen LogP contribution < -0.4 is 10.7 Å². The Hall–Kier alpha value is -1.60. The first-order chi connectivity index (χ1) is 11.5. The predicted octanol–water partition coefficient (Wildman–Crippen LogP) is 3.61. The zero-order valence-electron chi connectivity index (χ0n) is 13.3. The normalized spacial score (nSPS) is 11.2. The fraction of sp³-hybridized carbons (Fsp3) is 0.250. The smallest absolute Gasteiger partial charge is 0.187 e. The molecule has 2 aromatic rings. The molecule has 0 aliphatic rings. The Balaban J connectivity index is 1.89. The largest absolute Gasteiger partial charge is 0.455 e. The van der Waals surface area contributed by atoms with Gasteiger partial charge in [0, 0.05) is 18.7 Å². The molecule has 0 bridgehead atoms. The zero-order valence-corrected chi connectivity index (χ0v) is 15.7. The van der Waals surface area contributed by atoms with Crippen LogP contribution in [0.25, 0.3) is 11.3 Å². The van der Waals surface area contributed by atoms with Crippen LogP contribution in [-0.4, -0.2) is 43.4 Å². The van der Waals surface area contributed by atoms with Crippen LogP contribution in [0.5, 0.6) is 0 Å². The standard InChI is InChI=1S/C16H18Cl2N4OS/c1-22(2)8-7-19-16(24)21-20-10-12-4-6-15(23-12)11-3-5-13(17)14(18)9-11/h3-6,9-10H,7-8H2,1-2H3,(H2,19,21,24). The Labute approximate surface area is 156 Å². The van der Waals surface area contributed by atoms with Crippen molar-refractivity contribution in [3.05, 3.63) is 46.1 Å². The van der Waals surface area contributed by atoms with E-state index in [-0.39, 0.29) is 0 Å². The van der Waals surface area contributed by atoms with E-state index in [0.717, 1.165) is 18.7 Å². The molecule has 2 N–H and O–H groups in total. The highest BCUT2D eigenvalue weighted by Crippen LogP contribution is 2.29. The molecule has 1 aromatic carbocycles. The maximum absolute atomic E-state index is 6.02. The fourth-order valence-corrected chi connectivity index (χ4v) is 2.27. The summed E-state index contributed by atoms with van der Waals surface area (Å²) in [5.74, 6) is 1.28. The molecule has 0 saturated heterocycles. The summed E-state index contributed by atoms with van der Waals surface area (Å²) in [5.41, 5.74) is 3.59. The van der Waals surface area contributed by atoms with Gasteiger partial charge in [0.15, 0.2) is 5.11 Å². The molecule has 0 aliphatic heterocycles. The lowest BCUT2D eigenvalue weighted by atomic mass is 10.2. The van der Waals surface area contributed by atoms with E-state index in [1.807, 2.05) is 32.3 Å². The summed E-state index contributed by atoms with van der Waals surface area (Å²) in [6.07, 6.45) is 1.56. The zero-order chi connectivity index (χ0) is 17.5. The number of thiocarbonyl (C=S) groups is 1. The quantitative estimate of drug-likeness (QED) is 0.452. The van der Waals surface area contributed by atoms with E-state index in [0.29, 0.717) is 26.7 Å². The number of likely N-dealkylation sites (N-methyl/N-ethyl adjacent to an activating group) is 1. The SMILES string of the molecule is CN(C)CCNC(=S)NN=Cc1ccc(-c2ccc(Cl)c(Cl)c2)o1. The van der Waals surface area contributed by atoms with Crippen LogP contribution in [0.1, 0.15) is 5.76 Å². The molecule has 0 amide bonds. The van der Waals surface area contributed by atoms with Crippen LogP contribution in [-0.2, 0) is 0 Å². The Morgan fingerprint density at radius 2 is 2.04 bits per heavy atom. The molecule has 0 spiro atoms. The molecular weight excluding hydrogens is 367 g/mol. The van der Waals surface area contributed by atoms with Crippen LogP contribution in [0.2, 0.25) is 10.0 Å². The molecule has 24 heavy (non-hydrogen) atoms. The predicted molar refractivity (Wildman–Crippen MR) is 104 cm³/mol. The van der Waals surface area contributed by atoms with Gasteiger partial charge in [0.05, 0.1) is 16.3 Å². The molecule has 0 fully saturated rings. The van der Waals surface area contributed by atoms with Crippen molar-refractivity contribution < 1.29 is 4.42 Å². The molecule has 8 heteroatoms. The summed E-state index contributed by atoms with van der Waals surface area (Å²) in [7, 11) is 4.00. The highest BCUT2D eigenvalue weighted by Gasteiger charge is 2.06. The summed E-state index contributed by atoms with van der Waals surface area (Å²) < 4.78 is 5.70. The number of furan rings is 1. The third kappa shape index (κ3) is 5.79. The molecular formula is C16H18Cl2N4OS. The van der Waals surface area contributed by atoms with Gasteiger partial charge in [-0.2, -0.15) is 5.10 Å². The van der Waals surface area contributed by atoms with Gasteiger partial charge in [-0.3, -0.25) is 5.43 Å². The second kappa shape index (κ2) is 9.03. The summed E-state index contributed by atoms with van der Waals surface area (Å²) in [6, 6.07) is 8.98. The topological polar surface area (TPSA) is 52.8 Å². The van der Waals surface area contributed by atoms with Gasteiger partial charge in [-0.15, -0.1) is 0 Å². The van der Waals surface area contributed by atoms with Gasteiger partial charge < -0.3 is 14.6 Å². The first-order valence-corrected chi connectivity index (χ1v) is 8.39. The lowest BCUT2D eigenvalue weighted by Crippen LogP contribution is -2.36. The summed E-state index contributed by atoms with van der Waals surface area (Å²) in [5, 5.41) is 8.55. The van der Waals surface area contributed by atoms with Gasteiger partial charge in [0.25, 0.3) is 0 Å². The van der Waals surface area contributed by atoms with E-state index < -0.39 is 0 Å². The lowest BCUT2D eigenvalue weighted by Gasteiger charge is -2.11. The van der Waals surface area contributed by atoms with Gasteiger partial charge >= 0.3 is 0 Å². The third-order valence-corrected chi connectivity index (χ3v) is 4.01. The van der Waals surface area contributed by atoms with Crippen LogP contribution in [0, 0.1) is 0 Å². The first-order valence-electron chi connectivity index (χ1n) is 7.22. The van der Waals surface area contributed by atoms with Gasteiger partial charge in [-0.1, -0.05) is 23.2 Å². The van der Waals surface area contributed by atoms with Crippen molar-refractivity contribution in [3.63, 3.8) is 0 Å². The van der Waals surface area contributed by atoms with E-state index in [2.05, 4.69) is 20.7 Å². The van der Waals surface area contributed by atoms with Gasteiger partial charge in [0.2, 0.25) is 0 Å². The average molecular weight is 385 g/mol. The molecule has 0 saturated carbocycles. The van der Waals surface area contributed by atoms with E-state index >= 15 is 0 Å². The van der Waals surface area contributed by atoms with Crippen LogP contribution in [0.4, 0.5) is 0 Å². The highest BCUT2D eigenvalue weighted by atomic mass is 35.5. The van der Waals surface area contributed by atoms with Crippen molar-refractivity contribution in [1.29, 1.82) is 0 Å². The minimum Gasteiger partial charge on any atom is -0.455 e. The number of halogens is 2. The number of benzene rings is 1. The number of nitrogens with zero attached hydrogens (tertiary/aromatic N) is 2. The maximum Gasteiger partial charge on any atom is 0.187 e. The van der Waals surface area contributed by atoms with Crippen LogP contribution in [0.15, 0.2) is 39.9 Å². The van der Waals surface area contributed by atoms with Crippen molar-refractivity contribution in [2.75, 3.05) is 27.2 Å². The Morgan fingerprint density at radius 1 is 1.25 bits per heavy atom. The first kappa shape index (κ1) is 18.7. The molecule has 1 heterocycles. The summed E-state index contributed by atoms with van der Waals surface area (Å²) in [4.78, 5) is 2.06. The molecule has 0 unspecified atom stereocenters. The second-order valence-corrected chi connectivity index (χ2v) is 6.48. The Morgan fingerprint density at radius 3 is 2.75 bits per heavy atom. The number of rotatable bonds is 6. The molecule has 0 radical (unpaired) electrons. The van der Waals surface area contributed by atoms with E-state index in [1.54, 1.807) is 18.3 Å². The average Bonchev–Trinajstić information content (AvgIpc) is 2.98. The Bertz CT molecular complexity index is 731. The van der Waals surface area contributed by atoms with Crippen molar-refractivity contribution in [2.24, 2.45) is 5.10 Å². The van der Waals surface area contributed by atoms with Gasteiger partial charge in [0.1, 0.15) is 11.5 Å². The highest BCUT2D eigenvalue weighted by molar-refractivity contribution is 7.80. The van der Waals surface area contributed by atoms with Crippen molar-refractivity contribution in [3.8, 4) is 11.3 Å². The number of nitrogens with one attached hydrogen (secondary N) is 2. The van der Waals surface area contributed by atoms with E-state index in [4.69, 9.17) is 39.8 Å². The van der Waals surface area contributed by atoms with Crippen LogP contribution in [0.3, 0.4) is 0 Å². The number of hydrazone groups is 1. The van der Waals surface area contributed by atoms with Crippen molar-refractivity contribution in [2.45, 2.75) is 0 Å². The number of hydrogen-bond acceptors (Lipinski definition) is 4. The minimum atomic E-state index is 0.462. The van der Waals surface area contributed by atoms with E-state index in [1.165, 1.54) is 0 Å². The van der Waals surface area contributed by atoms with Crippen molar-refractivity contribution >= 4 is 46.7 Å². The fourth-order valence-electron chi connectivity index (χ4n) is 1.81. The molecule has 128 valence electrons. The summed E-state index contributed by atoms with van der Waals surface area (Å²) >= 11 is 17.0.